The lowest BCUT2D eigenvalue weighted by Gasteiger charge is -2.18. The summed E-state index contributed by atoms with van der Waals surface area (Å²) in [6.07, 6.45) is 1.86. The molecule has 0 heterocycles. The highest BCUT2D eigenvalue weighted by Crippen LogP contribution is 2.25. The van der Waals surface area contributed by atoms with Crippen LogP contribution in [0.5, 0.6) is 0 Å². The Morgan fingerprint density at radius 3 is 2.43 bits per heavy atom. The van der Waals surface area contributed by atoms with Crippen LogP contribution in [-0.4, -0.2) is 5.11 Å². The van der Waals surface area contributed by atoms with Gasteiger partial charge in [-0.2, -0.15) is 0 Å². The zero-order valence-corrected chi connectivity index (χ0v) is 9.33. The third-order valence-corrected chi connectivity index (χ3v) is 2.52. The van der Waals surface area contributed by atoms with E-state index in [9.17, 15) is 5.11 Å². The first-order chi connectivity index (χ1) is 6.66. The van der Waals surface area contributed by atoms with Crippen LogP contribution in [0.3, 0.4) is 0 Å². The van der Waals surface area contributed by atoms with Gasteiger partial charge in [-0.05, 0) is 23.5 Å². The van der Waals surface area contributed by atoms with Crippen LogP contribution in [0.1, 0.15) is 44.4 Å². The molecule has 0 aliphatic heterocycles. The van der Waals surface area contributed by atoms with Gasteiger partial charge in [0, 0.05) is 0 Å². The van der Waals surface area contributed by atoms with Crippen LogP contribution in [0.4, 0.5) is 0 Å². The maximum absolute atomic E-state index is 10.0. The highest BCUT2D eigenvalue weighted by molar-refractivity contribution is 5.29. The van der Waals surface area contributed by atoms with Crippen molar-refractivity contribution >= 4 is 0 Å². The molecule has 1 N–H and O–H groups in total. The van der Waals surface area contributed by atoms with Gasteiger partial charge < -0.3 is 5.11 Å². The highest BCUT2D eigenvalue weighted by atomic mass is 16.3. The van der Waals surface area contributed by atoms with Gasteiger partial charge in [-0.25, -0.2) is 0 Å². The van der Waals surface area contributed by atoms with Gasteiger partial charge in [0.25, 0.3) is 0 Å². The van der Waals surface area contributed by atoms with Crippen molar-refractivity contribution in [1.82, 2.24) is 0 Å². The van der Waals surface area contributed by atoms with Crippen molar-refractivity contribution in [3.63, 3.8) is 0 Å². The summed E-state index contributed by atoms with van der Waals surface area (Å²) in [5.41, 5.74) is 2.39. The molecule has 1 unspecified atom stereocenters. The van der Waals surface area contributed by atoms with Gasteiger partial charge in [0.1, 0.15) is 0 Å². The van der Waals surface area contributed by atoms with E-state index in [0.717, 1.165) is 18.4 Å². The van der Waals surface area contributed by atoms with Crippen LogP contribution in [0.25, 0.3) is 0 Å². The van der Waals surface area contributed by atoms with Gasteiger partial charge in [-0.3, -0.25) is 0 Å². The summed E-state index contributed by atoms with van der Waals surface area (Å²) in [6.45, 7) is 6.26. The minimum atomic E-state index is -0.322. The Labute approximate surface area is 86.8 Å². The molecule has 78 valence electrons. The van der Waals surface area contributed by atoms with E-state index in [1.807, 2.05) is 32.0 Å². The second kappa shape index (κ2) is 5.16. The second-order valence-electron chi connectivity index (χ2n) is 4.14. The molecule has 14 heavy (non-hydrogen) atoms. The second-order valence-corrected chi connectivity index (χ2v) is 4.14. The molecule has 0 spiro atoms. The Morgan fingerprint density at radius 1 is 1.21 bits per heavy atom. The molecule has 1 aromatic carbocycles. The van der Waals surface area contributed by atoms with Gasteiger partial charge in [-0.1, -0.05) is 51.5 Å². The molecular weight excluding hydrogens is 172 g/mol. The number of aliphatic hydroxyl groups is 1. The van der Waals surface area contributed by atoms with Crippen molar-refractivity contribution in [2.75, 3.05) is 0 Å². The van der Waals surface area contributed by atoms with Crippen LogP contribution in [-0.2, 0) is 6.42 Å². The van der Waals surface area contributed by atoms with Crippen LogP contribution in [0, 0.1) is 5.92 Å². The average molecular weight is 192 g/mol. The van der Waals surface area contributed by atoms with E-state index in [1.54, 1.807) is 0 Å². The zero-order chi connectivity index (χ0) is 10.6. The topological polar surface area (TPSA) is 20.2 Å². The fraction of sp³-hybridized carbons (Fsp3) is 0.538. The summed E-state index contributed by atoms with van der Waals surface area (Å²) in [4.78, 5) is 0. The van der Waals surface area contributed by atoms with E-state index in [1.165, 1.54) is 5.56 Å². The first-order valence-electron chi connectivity index (χ1n) is 5.42. The van der Waals surface area contributed by atoms with Gasteiger partial charge in [-0.15, -0.1) is 0 Å². The molecule has 0 saturated carbocycles. The smallest absolute Gasteiger partial charge is 0.0815 e. The van der Waals surface area contributed by atoms with Gasteiger partial charge in [0.15, 0.2) is 0 Å². The minimum Gasteiger partial charge on any atom is -0.388 e. The van der Waals surface area contributed by atoms with Crippen molar-refractivity contribution in [1.29, 1.82) is 0 Å². The molecule has 0 radical (unpaired) electrons. The summed E-state index contributed by atoms with van der Waals surface area (Å²) in [5, 5.41) is 10.0. The molecule has 0 aliphatic carbocycles. The molecule has 1 atom stereocenters. The summed E-state index contributed by atoms with van der Waals surface area (Å²) in [7, 11) is 0. The maximum Gasteiger partial charge on any atom is 0.0815 e. The Bertz CT molecular complexity index is 278. The van der Waals surface area contributed by atoms with E-state index < -0.39 is 0 Å². The monoisotopic (exact) mass is 192 g/mol. The fourth-order valence-corrected chi connectivity index (χ4v) is 1.68. The Hall–Kier alpha value is -0.820. The molecule has 1 heteroatoms. The Kier molecular flexibility index (Phi) is 4.15. The molecular formula is C13H20O. The lowest BCUT2D eigenvalue weighted by atomic mass is 9.93. The first-order valence-corrected chi connectivity index (χ1v) is 5.42. The van der Waals surface area contributed by atoms with Crippen molar-refractivity contribution in [3.05, 3.63) is 35.4 Å². The summed E-state index contributed by atoms with van der Waals surface area (Å²) in [5.74, 6) is 0.285. The third-order valence-electron chi connectivity index (χ3n) is 2.52. The fourth-order valence-electron chi connectivity index (χ4n) is 1.68. The molecule has 0 aliphatic rings. The molecule has 0 bridgehead atoms. The standard InChI is InChI=1S/C13H20O/c1-4-7-11-8-5-6-9-12(11)13(14)10(2)3/h5-6,8-10,13-14H,4,7H2,1-3H3. The van der Waals surface area contributed by atoms with E-state index in [0.29, 0.717) is 0 Å². The van der Waals surface area contributed by atoms with Crippen LogP contribution in [0.2, 0.25) is 0 Å². The number of hydrogen-bond donors (Lipinski definition) is 1. The van der Waals surface area contributed by atoms with Gasteiger partial charge >= 0.3 is 0 Å². The molecule has 0 amide bonds. The van der Waals surface area contributed by atoms with Crippen LogP contribution >= 0.6 is 0 Å². The summed E-state index contributed by atoms with van der Waals surface area (Å²) < 4.78 is 0. The average Bonchev–Trinajstić information content (AvgIpc) is 2.18. The van der Waals surface area contributed by atoms with Crippen molar-refractivity contribution in [2.45, 2.75) is 39.7 Å². The lowest BCUT2D eigenvalue weighted by molar-refractivity contribution is 0.126. The minimum absolute atomic E-state index is 0.285. The molecule has 0 aromatic heterocycles. The van der Waals surface area contributed by atoms with Crippen molar-refractivity contribution in [2.24, 2.45) is 5.92 Å². The predicted molar refractivity (Wildman–Crippen MR) is 60.2 cm³/mol. The number of aliphatic hydroxyl groups excluding tert-OH is 1. The molecule has 0 saturated heterocycles. The summed E-state index contributed by atoms with van der Waals surface area (Å²) >= 11 is 0. The number of aryl methyl sites for hydroxylation is 1. The molecule has 1 rings (SSSR count). The number of benzene rings is 1. The molecule has 1 nitrogen and oxygen atoms in total. The highest BCUT2D eigenvalue weighted by Gasteiger charge is 2.14. The Balaban J connectivity index is 2.94. The predicted octanol–water partition coefficient (Wildman–Crippen LogP) is 3.33. The van der Waals surface area contributed by atoms with E-state index in [2.05, 4.69) is 13.0 Å². The normalized spacial score (nSPS) is 13.2. The quantitative estimate of drug-likeness (QED) is 0.775. The van der Waals surface area contributed by atoms with Crippen LogP contribution in [0.15, 0.2) is 24.3 Å². The van der Waals surface area contributed by atoms with Crippen LogP contribution < -0.4 is 0 Å². The Morgan fingerprint density at radius 2 is 1.86 bits per heavy atom. The molecule has 0 fully saturated rings. The van der Waals surface area contributed by atoms with Gasteiger partial charge in [0.05, 0.1) is 6.10 Å². The molecule has 1 aromatic rings. The first kappa shape index (κ1) is 11.3. The van der Waals surface area contributed by atoms with E-state index in [4.69, 9.17) is 0 Å². The lowest BCUT2D eigenvalue weighted by Crippen LogP contribution is -2.08. The zero-order valence-electron chi connectivity index (χ0n) is 9.33. The number of rotatable bonds is 4. The number of hydrogen-bond acceptors (Lipinski definition) is 1. The largest absolute Gasteiger partial charge is 0.388 e. The van der Waals surface area contributed by atoms with E-state index in [-0.39, 0.29) is 12.0 Å². The maximum atomic E-state index is 10.0. The van der Waals surface area contributed by atoms with Crippen molar-refractivity contribution in [3.8, 4) is 0 Å². The van der Waals surface area contributed by atoms with E-state index >= 15 is 0 Å². The SMILES string of the molecule is CCCc1ccccc1C(O)C(C)C. The summed E-state index contributed by atoms with van der Waals surface area (Å²) in [6, 6.07) is 8.20. The van der Waals surface area contributed by atoms with Gasteiger partial charge in [0.2, 0.25) is 0 Å². The third kappa shape index (κ3) is 2.58. The van der Waals surface area contributed by atoms with Crippen molar-refractivity contribution < 1.29 is 5.11 Å².